The Labute approximate surface area is 156 Å². The second kappa shape index (κ2) is 7.02. The fourth-order valence-corrected chi connectivity index (χ4v) is 4.03. The molecule has 2 saturated heterocycles. The van der Waals surface area contributed by atoms with Gasteiger partial charge in [-0.25, -0.2) is 0 Å². The van der Waals surface area contributed by atoms with Crippen LogP contribution in [0.1, 0.15) is 30.7 Å². The number of rotatable bonds is 5. The van der Waals surface area contributed by atoms with Crippen molar-refractivity contribution in [2.24, 2.45) is 5.41 Å². The minimum atomic E-state index is -0.453. The first-order valence-electron chi connectivity index (χ1n) is 9.20. The molecule has 8 heteroatoms. The van der Waals surface area contributed by atoms with Crippen molar-refractivity contribution in [2.45, 2.75) is 32.2 Å². The zero-order valence-electron chi connectivity index (χ0n) is 15.0. The Balaban J connectivity index is 1.34. The SMILES string of the molecule is O=C(CCc1cc(=O)[nH]o1)N1CCC2(CCN(Cc3ccccn3)C2=O)C1. The number of amides is 2. The van der Waals surface area contributed by atoms with E-state index in [0.717, 1.165) is 12.1 Å². The van der Waals surface area contributed by atoms with Crippen LogP contribution in [0.5, 0.6) is 0 Å². The van der Waals surface area contributed by atoms with Crippen molar-refractivity contribution < 1.29 is 14.1 Å². The second-order valence-electron chi connectivity index (χ2n) is 7.32. The van der Waals surface area contributed by atoms with Gasteiger partial charge in [-0.15, -0.1) is 0 Å². The molecule has 2 aliphatic rings. The third-order valence-electron chi connectivity index (χ3n) is 5.55. The van der Waals surface area contributed by atoms with Crippen LogP contribution in [0, 0.1) is 5.41 Å². The van der Waals surface area contributed by atoms with Gasteiger partial charge in [0.15, 0.2) is 0 Å². The highest BCUT2D eigenvalue weighted by Crippen LogP contribution is 2.41. The summed E-state index contributed by atoms with van der Waals surface area (Å²) in [7, 11) is 0. The van der Waals surface area contributed by atoms with Gasteiger partial charge in [-0.05, 0) is 25.0 Å². The van der Waals surface area contributed by atoms with Gasteiger partial charge in [0.1, 0.15) is 5.76 Å². The lowest BCUT2D eigenvalue weighted by molar-refractivity contribution is -0.137. The normalized spacial score (nSPS) is 22.1. The van der Waals surface area contributed by atoms with Crippen LogP contribution in [0.4, 0.5) is 0 Å². The van der Waals surface area contributed by atoms with Crippen molar-refractivity contribution in [3.8, 4) is 0 Å². The summed E-state index contributed by atoms with van der Waals surface area (Å²) in [5.41, 5.74) is 0.120. The minimum absolute atomic E-state index is 0.00769. The first-order chi connectivity index (χ1) is 13.1. The van der Waals surface area contributed by atoms with Gasteiger partial charge in [0.25, 0.3) is 5.56 Å². The molecule has 0 saturated carbocycles. The number of nitrogens with zero attached hydrogens (tertiary/aromatic N) is 3. The van der Waals surface area contributed by atoms with E-state index in [-0.39, 0.29) is 23.8 Å². The largest absolute Gasteiger partial charge is 0.384 e. The summed E-state index contributed by atoms with van der Waals surface area (Å²) in [6.45, 7) is 2.29. The van der Waals surface area contributed by atoms with Crippen LogP contribution in [-0.2, 0) is 22.6 Å². The first kappa shape index (κ1) is 17.5. The molecule has 2 amide bonds. The lowest BCUT2D eigenvalue weighted by atomic mass is 9.85. The summed E-state index contributed by atoms with van der Waals surface area (Å²) in [5.74, 6) is 0.590. The molecule has 1 N–H and O–H groups in total. The fraction of sp³-hybridized carbons (Fsp3) is 0.474. The topological polar surface area (TPSA) is 99.5 Å². The second-order valence-corrected chi connectivity index (χ2v) is 7.32. The predicted octanol–water partition coefficient (Wildman–Crippen LogP) is 0.947. The van der Waals surface area contributed by atoms with E-state index in [0.29, 0.717) is 44.8 Å². The zero-order chi connectivity index (χ0) is 18.9. The summed E-state index contributed by atoms with van der Waals surface area (Å²) >= 11 is 0. The maximum absolute atomic E-state index is 13.0. The quantitative estimate of drug-likeness (QED) is 0.845. The molecular weight excluding hydrogens is 348 g/mol. The number of pyridine rings is 1. The van der Waals surface area contributed by atoms with Crippen LogP contribution >= 0.6 is 0 Å². The number of hydrogen-bond acceptors (Lipinski definition) is 5. The van der Waals surface area contributed by atoms with Crippen LogP contribution < -0.4 is 5.56 Å². The van der Waals surface area contributed by atoms with Crippen molar-refractivity contribution in [3.63, 3.8) is 0 Å². The molecule has 2 aromatic rings. The minimum Gasteiger partial charge on any atom is -0.384 e. The maximum atomic E-state index is 13.0. The predicted molar refractivity (Wildman–Crippen MR) is 95.6 cm³/mol. The van der Waals surface area contributed by atoms with E-state index in [4.69, 9.17) is 4.52 Å². The lowest BCUT2D eigenvalue weighted by Crippen LogP contribution is -2.38. The van der Waals surface area contributed by atoms with Gasteiger partial charge in [-0.3, -0.25) is 19.4 Å². The summed E-state index contributed by atoms with van der Waals surface area (Å²) in [6.07, 6.45) is 3.85. The molecule has 0 aromatic carbocycles. The summed E-state index contributed by atoms with van der Waals surface area (Å²) in [6, 6.07) is 7.05. The van der Waals surface area contributed by atoms with Gasteiger partial charge in [0.2, 0.25) is 11.8 Å². The third-order valence-corrected chi connectivity index (χ3v) is 5.55. The number of aromatic nitrogens is 2. The molecule has 0 aliphatic carbocycles. The fourth-order valence-electron chi connectivity index (χ4n) is 4.03. The van der Waals surface area contributed by atoms with Gasteiger partial charge in [0.05, 0.1) is 17.7 Å². The first-order valence-corrected chi connectivity index (χ1v) is 9.20. The average Bonchev–Trinajstić information content (AvgIpc) is 3.37. The average molecular weight is 370 g/mol. The van der Waals surface area contributed by atoms with Gasteiger partial charge in [-0.1, -0.05) is 6.07 Å². The summed E-state index contributed by atoms with van der Waals surface area (Å²) in [5, 5.41) is 2.22. The molecule has 2 aromatic heterocycles. The molecule has 4 rings (SSSR count). The standard InChI is InChI=1S/C19H22N4O4/c24-16-11-15(27-21-16)4-5-17(25)23-10-7-19(13-23)6-9-22(18(19)26)12-14-3-1-2-8-20-14/h1-3,8,11H,4-7,9-10,12-13H2,(H,21,24). The van der Waals surface area contributed by atoms with E-state index in [2.05, 4.69) is 10.1 Å². The van der Waals surface area contributed by atoms with Crippen molar-refractivity contribution in [2.75, 3.05) is 19.6 Å². The molecule has 142 valence electrons. The molecule has 1 spiro atoms. The highest BCUT2D eigenvalue weighted by atomic mass is 16.5. The number of carbonyl (C=O) groups excluding carboxylic acids is 2. The van der Waals surface area contributed by atoms with E-state index in [1.54, 1.807) is 11.1 Å². The summed E-state index contributed by atoms with van der Waals surface area (Å²) in [4.78, 5) is 44.5. The molecule has 2 fully saturated rings. The Morgan fingerprint density at radius 2 is 2.11 bits per heavy atom. The Bertz CT molecular complexity index is 890. The van der Waals surface area contributed by atoms with Gasteiger partial charge in [-0.2, -0.15) is 5.16 Å². The Hall–Kier alpha value is -2.90. The maximum Gasteiger partial charge on any atom is 0.280 e. The van der Waals surface area contributed by atoms with Crippen LogP contribution in [-0.4, -0.2) is 51.4 Å². The molecular formula is C19H22N4O4. The molecule has 0 radical (unpaired) electrons. The third kappa shape index (κ3) is 3.51. The van der Waals surface area contributed by atoms with E-state index in [9.17, 15) is 14.4 Å². The number of nitrogens with one attached hydrogen (secondary N) is 1. The number of aromatic amines is 1. The van der Waals surface area contributed by atoms with Crippen molar-refractivity contribution in [3.05, 3.63) is 52.3 Å². The molecule has 4 heterocycles. The van der Waals surface area contributed by atoms with Gasteiger partial charge < -0.3 is 14.3 Å². The number of hydrogen-bond donors (Lipinski definition) is 1. The Morgan fingerprint density at radius 3 is 2.85 bits per heavy atom. The van der Waals surface area contributed by atoms with Crippen molar-refractivity contribution in [1.29, 1.82) is 0 Å². The zero-order valence-corrected chi connectivity index (χ0v) is 15.0. The number of aryl methyl sites for hydroxylation is 1. The Kier molecular flexibility index (Phi) is 4.55. The van der Waals surface area contributed by atoms with Crippen molar-refractivity contribution in [1.82, 2.24) is 19.9 Å². The highest BCUT2D eigenvalue weighted by Gasteiger charge is 2.51. The van der Waals surface area contributed by atoms with Gasteiger partial charge in [0, 0.05) is 44.7 Å². The molecule has 8 nitrogen and oxygen atoms in total. The summed E-state index contributed by atoms with van der Waals surface area (Å²) < 4.78 is 4.98. The van der Waals surface area contributed by atoms with Crippen LogP contribution in [0.3, 0.4) is 0 Å². The smallest absolute Gasteiger partial charge is 0.280 e. The monoisotopic (exact) mass is 370 g/mol. The number of likely N-dealkylation sites (tertiary alicyclic amines) is 2. The van der Waals surface area contributed by atoms with E-state index >= 15 is 0 Å². The molecule has 1 unspecified atom stereocenters. The highest BCUT2D eigenvalue weighted by molar-refractivity contribution is 5.87. The van der Waals surface area contributed by atoms with Crippen molar-refractivity contribution >= 4 is 11.8 Å². The van der Waals surface area contributed by atoms with Crippen LogP contribution in [0.25, 0.3) is 0 Å². The van der Waals surface area contributed by atoms with E-state index in [1.807, 2.05) is 23.1 Å². The van der Waals surface area contributed by atoms with Gasteiger partial charge >= 0.3 is 0 Å². The Morgan fingerprint density at radius 1 is 1.26 bits per heavy atom. The number of H-pyrrole nitrogens is 1. The van der Waals surface area contributed by atoms with Crippen LogP contribution in [0.15, 0.2) is 39.8 Å². The molecule has 2 aliphatic heterocycles. The molecule has 27 heavy (non-hydrogen) atoms. The van der Waals surface area contributed by atoms with E-state index in [1.165, 1.54) is 6.07 Å². The van der Waals surface area contributed by atoms with E-state index < -0.39 is 5.41 Å². The molecule has 0 bridgehead atoms. The lowest BCUT2D eigenvalue weighted by Gasteiger charge is -2.23. The molecule has 1 atom stereocenters. The van der Waals surface area contributed by atoms with Crippen LogP contribution in [0.2, 0.25) is 0 Å². The number of carbonyl (C=O) groups is 2.